The van der Waals surface area contributed by atoms with E-state index >= 15 is 0 Å². The van der Waals surface area contributed by atoms with Gasteiger partial charge in [-0.3, -0.25) is 0 Å². The molecule has 0 saturated carbocycles. The monoisotopic (exact) mass is 529 g/mol. The van der Waals surface area contributed by atoms with Gasteiger partial charge < -0.3 is 14.2 Å². The Labute approximate surface area is 192 Å². The number of aliphatic imine (C=N–C) groups is 1. The highest BCUT2D eigenvalue weighted by molar-refractivity contribution is 14.1. The average molecular weight is 529 g/mol. The predicted molar refractivity (Wildman–Crippen MR) is 123 cm³/mol. The van der Waals surface area contributed by atoms with Gasteiger partial charge in [0.05, 0.1) is 12.7 Å². The molecule has 5 nitrogen and oxygen atoms in total. The lowest BCUT2D eigenvalue weighted by Gasteiger charge is -2.11. The van der Waals surface area contributed by atoms with Crippen molar-refractivity contribution in [2.75, 3.05) is 7.11 Å². The van der Waals surface area contributed by atoms with Crippen molar-refractivity contribution in [2.45, 2.75) is 6.61 Å². The fourth-order valence-electron chi connectivity index (χ4n) is 3.00. The number of carbonyl (C=O) groups excluding carboxylic acids is 1. The van der Waals surface area contributed by atoms with Crippen molar-refractivity contribution in [1.82, 2.24) is 0 Å². The Morgan fingerprint density at radius 1 is 1.06 bits per heavy atom. The molecule has 0 fully saturated rings. The van der Waals surface area contributed by atoms with Crippen LogP contribution in [0.3, 0.4) is 0 Å². The molecule has 0 amide bonds. The van der Waals surface area contributed by atoms with Gasteiger partial charge in [-0.2, -0.15) is 0 Å². The lowest BCUT2D eigenvalue weighted by atomic mass is 10.1. The summed E-state index contributed by atoms with van der Waals surface area (Å²) < 4.78 is 31.6. The molecular weight excluding hydrogens is 512 g/mol. The van der Waals surface area contributed by atoms with Gasteiger partial charge in [0.1, 0.15) is 12.4 Å². The molecule has 3 aromatic carbocycles. The van der Waals surface area contributed by atoms with Crippen molar-refractivity contribution in [1.29, 1.82) is 0 Å². The van der Waals surface area contributed by atoms with Gasteiger partial charge in [0.25, 0.3) is 0 Å². The van der Waals surface area contributed by atoms with Crippen molar-refractivity contribution in [3.63, 3.8) is 0 Å². The Kier molecular flexibility index (Phi) is 6.31. The smallest absolute Gasteiger partial charge is 0.363 e. The first-order chi connectivity index (χ1) is 15.0. The molecular formula is C24H17FINO4. The molecule has 0 aromatic heterocycles. The van der Waals surface area contributed by atoms with E-state index in [0.717, 1.165) is 9.13 Å². The van der Waals surface area contributed by atoms with Crippen molar-refractivity contribution in [2.24, 2.45) is 4.99 Å². The van der Waals surface area contributed by atoms with Gasteiger partial charge in [-0.25, -0.2) is 14.2 Å². The van der Waals surface area contributed by atoms with Crippen LogP contribution in [0.15, 0.2) is 77.4 Å². The minimum atomic E-state index is -0.642. The van der Waals surface area contributed by atoms with Crippen molar-refractivity contribution in [3.05, 3.63) is 98.5 Å². The van der Waals surface area contributed by atoms with Crippen molar-refractivity contribution < 1.29 is 23.4 Å². The second-order valence-electron chi connectivity index (χ2n) is 6.64. The number of halogens is 2. The van der Waals surface area contributed by atoms with E-state index in [1.54, 1.807) is 43.5 Å². The average Bonchev–Trinajstić information content (AvgIpc) is 3.13. The first-order valence-corrected chi connectivity index (χ1v) is 10.4. The van der Waals surface area contributed by atoms with Crippen molar-refractivity contribution in [3.8, 4) is 11.5 Å². The molecule has 0 unspecified atom stereocenters. The Hall–Kier alpha value is -3.20. The number of benzene rings is 3. The first kappa shape index (κ1) is 21.0. The zero-order chi connectivity index (χ0) is 21.8. The SMILES string of the molecule is COc1cc(/C=C2\N=C(c3ccccc3F)OC2=O)ccc1OCc1cccc(I)c1. The second-order valence-corrected chi connectivity index (χ2v) is 7.89. The molecule has 0 aliphatic carbocycles. The molecule has 7 heteroatoms. The highest BCUT2D eigenvalue weighted by Gasteiger charge is 2.26. The molecule has 1 aliphatic heterocycles. The van der Waals surface area contributed by atoms with Crippen LogP contribution >= 0.6 is 22.6 Å². The molecule has 0 spiro atoms. The minimum absolute atomic E-state index is 0.0567. The number of ether oxygens (including phenoxy) is 3. The molecule has 0 saturated heterocycles. The summed E-state index contributed by atoms with van der Waals surface area (Å²) in [6.07, 6.45) is 1.56. The predicted octanol–water partition coefficient (Wildman–Crippen LogP) is 5.36. The lowest BCUT2D eigenvalue weighted by Crippen LogP contribution is -2.07. The zero-order valence-corrected chi connectivity index (χ0v) is 18.6. The summed E-state index contributed by atoms with van der Waals surface area (Å²) in [5, 5.41) is 0. The zero-order valence-electron chi connectivity index (χ0n) is 16.5. The molecule has 3 aromatic rings. The molecule has 0 bridgehead atoms. The number of nitrogens with zero attached hydrogens (tertiary/aromatic N) is 1. The molecule has 1 heterocycles. The van der Waals surface area contributed by atoms with Crippen LogP contribution in [0.4, 0.5) is 4.39 Å². The second kappa shape index (κ2) is 9.30. The van der Waals surface area contributed by atoms with Crippen LogP contribution in [0.5, 0.6) is 11.5 Å². The maximum absolute atomic E-state index is 14.0. The summed E-state index contributed by atoms with van der Waals surface area (Å²) in [6.45, 7) is 0.399. The number of hydrogen-bond acceptors (Lipinski definition) is 5. The van der Waals surface area contributed by atoms with Crippen LogP contribution < -0.4 is 9.47 Å². The Balaban J connectivity index is 1.55. The minimum Gasteiger partial charge on any atom is -0.493 e. The summed E-state index contributed by atoms with van der Waals surface area (Å²) in [5.41, 5.74) is 1.93. The molecule has 0 radical (unpaired) electrons. The first-order valence-electron chi connectivity index (χ1n) is 9.36. The number of esters is 1. The van der Waals surface area contributed by atoms with Crippen LogP contribution in [0.25, 0.3) is 6.08 Å². The standard InChI is InChI=1S/C24H17FINO4/c1-29-22-13-15(9-10-21(22)30-14-16-5-4-6-17(26)11-16)12-20-24(28)31-23(27-20)18-7-2-3-8-19(18)25/h2-13H,14H2,1H3/b20-12-. The third-order valence-corrected chi connectivity index (χ3v) is 5.17. The van der Waals surface area contributed by atoms with Gasteiger partial charge >= 0.3 is 5.97 Å². The normalized spacial score (nSPS) is 14.4. The quantitative estimate of drug-likeness (QED) is 0.245. The Morgan fingerprint density at radius 2 is 1.90 bits per heavy atom. The van der Waals surface area contributed by atoms with E-state index < -0.39 is 11.8 Å². The third kappa shape index (κ3) is 4.93. The highest BCUT2D eigenvalue weighted by atomic mass is 127. The highest BCUT2D eigenvalue weighted by Crippen LogP contribution is 2.30. The number of cyclic esters (lactones) is 1. The van der Waals surface area contributed by atoms with E-state index in [1.807, 2.05) is 24.3 Å². The third-order valence-electron chi connectivity index (χ3n) is 4.50. The topological polar surface area (TPSA) is 57.1 Å². The van der Waals surface area contributed by atoms with E-state index in [4.69, 9.17) is 14.2 Å². The van der Waals surface area contributed by atoms with Gasteiger partial charge in [0, 0.05) is 3.57 Å². The van der Waals surface area contributed by atoms with Gasteiger partial charge in [-0.1, -0.05) is 30.3 Å². The molecule has 0 N–H and O–H groups in total. The molecule has 0 atom stereocenters. The summed E-state index contributed by atoms with van der Waals surface area (Å²) >= 11 is 2.25. The molecule has 31 heavy (non-hydrogen) atoms. The number of hydrogen-bond donors (Lipinski definition) is 0. The van der Waals surface area contributed by atoms with E-state index in [1.165, 1.54) is 12.1 Å². The summed E-state index contributed by atoms with van der Waals surface area (Å²) in [4.78, 5) is 16.3. The van der Waals surface area contributed by atoms with Gasteiger partial charge in [-0.15, -0.1) is 0 Å². The van der Waals surface area contributed by atoms with Crippen LogP contribution in [0.1, 0.15) is 16.7 Å². The summed E-state index contributed by atoms with van der Waals surface area (Å²) in [7, 11) is 1.54. The lowest BCUT2D eigenvalue weighted by molar-refractivity contribution is -0.129. The van der Waals surface area contributed by atoms with Crippen LogP contribution in [-0.2, 0) is 16.1 Å². The van der Waals surface area contributed by atoms with Crippen LogP contribution in [0, 0.1) is 9.39 Å². The fourth-order valence-corrected chi connectivity index (χ4v) is 3.61. The number of carbonyl (C=O) groups is 1. The van der Waals surface area contributed by atoms with E-state index in [-0.39, 0.29) is 17.2 Å². The Morgan fingerprint density at radius 3 is 2.68 bits per heavy atom. The van der Waals surface area contributed by atoms with E-state index in [9.17, 15) is 9.18 Å². The molecule has 1 aliphatic rings. The molecule has 156 valence electrons. The maximum Gasteiger partial charge on any atom is 0.363 e. The van der Waals surface area contributed by atoms with E-state index in [0.29, 0.717) is 23.7 Å². The van der Waals surface area contributed by atoms with Gasteiger partial charge in [-0.05, 0) is 76.2 Å². The van der Waals surface area contributed by atoms with Crippen molar-refractivity contribution >= 4 is 40.5 Å². The molecule has 4 rings (SSSR count). The maximum atomic E-state index is 14.0. The summed E-state index contributed by atoms with van der Waals surface area (Å²) in [6, 6.07) is 19.3. The summed E-state index contributed by atoms with van der Waals surface area (Å²) in [5.74, 6) is -0.112. The largest absolute Gasteiger partial charge is 0.493 e. The van der Waals surface area contributed by atoms with Crippen LogP contribution in [0.2, 0.25) is 0 Å². The Bertz CT molecular complexity index is 1210. The van der Waals surface area contributed by atoms with E-state index in [2.05, 4.69) is 27.6 Å². The fraction of sp³-hybridized carbons (Fsp3) is 0.0833. The number of rotatable bonds is 6. The van der Waals surface area contributed by atoms with Crippen LogP contribution in [-0.4, -0.2) is 19.0 Å². The van der Waals surface area contributed by atoms with Gasteiger partial charge in [0.2, 0.25) is 5.90 Å². The number of methoxy groups -OCH3 is 1. The van der Waals surface area contributed by atoms with Gasteiger partial charge in [0.15, 0.2) is 17.2 Å².